The van der Waals surface area contributed by atoms with E-state index in [2.05, 4.69) is 37.9 Å². The fourth-order valence-electron chi connectivity index (χ4n) is 1.23. The molecule has 0 radical (unpaired) electrons. The molecule has 2 aromatic heterocycles. The van der Waals surface area contributed by atoms with Gasteiger partial charge < -0.3 is 10.5 Å². The van der Waals surface area contributed by atoms with Crippen LogP contribution in [0.2, 0.25) is 0 Å². The first kappa shape index (κ1) is 11.1. The predicted molar refractivity (Wildman–Crippen MR) is 63.3 cm³/mol. The van der Waals surface area contributed by atoms with Gasteiger partial charge in [0.1, 0.15) is 4.60 Å². The van der Waals surface area contributed by atoms with Crippen LogP contribution >= 0.6 is 15.9 Å². The van der Waals surface area contributed by atoms with Gasteiger partial charge >= 0.3 is 6.01 Å². The Labute approximate surface area is 101 Å². The van der Waals surface area contributed by atoms with Gasteiger partial charge in [-0.05, 0) is 22.4 Å². The summed E-state index contributed by atoms with van der Waals surface area (Å²) >= 11 is 3.25. The third kappa shape index (κ3) is 2.24. The van der Waals surface area contributed by atoms with Crippen molar-refractivity contribution in [3.05, 3.63) is 10.8 Å². The van der Waals surface area contributed by atoms with Crippen LogP contribution in [0.3, 0.4) is 0 Å². The van der Waals surface area contributed by atoms with Gasteiger partial charge in [0.05, 0.1) is 12.8 Å². The lowest BCUT2D eigenvalue weighted by atomic mass is 10.4. The normalized spacial score (nSPS) is 10.9. The number of aromatic nitrogens is 4. The quantitative estimate of drug-likeness (QED) is 0.864. The van der Waals surface area contributed by atoms with Crippen molar-refractivity contribution in [3.8, 4) is 6.01 Å². The molecule has 2 aromatic rings. The number of imidazole rings is 1. The Bertz CT molecular complexity index is 498. The molecule has 0 spiro atoms. The first-order chi connectivity index (χ1) is 7.70. The van der Waals surface area contributed by atoms with Gasteiger partial charge in [-0.3, -0.25) is 0 Å². The van der Waals surface area contributed by atoms with Crippen LogP contribution in [-0.2, 0) is 0 Å². The molecule has 0 saturated heterocycles. The predicted octanol–water partition coefficient (Wildman–Crippen LogP) is 1.65. The van der Waals surface area contributed by atoms with Crippen LogP contribution < -0.4 is 10.5 Å². The summed E-state index contributed by atoms with van der Waals surface area (Å²) in [5.74, 6) is 0.312. The molecule has 0 aliphatic carbocycles. The maximum absolute atomic E-state index is 5.74. The summed E-state index contributed by atoms with van der Waals surface area (Å²) in [6.45, 7) is 2.69. The maximum Gasteiger partial charge on any atom is 0.336 e. The lowest BCUT2D eigenvalue weighted by molar-refractivity contribution is 0.281. The van der Waals surface area contributed by atoms with E-state index in [1.54, 1.807) is 10.7 Å². The Morgan fingerprint density at radius 1 is 1.50 bits per heavy atom. The molecule has 16 heavy (non-hydrogen) atoms. The lowest BCUT2D eigenvalue weighted by Gasteiger charge is -2.04. The number of anilines is 1. The molecule has 6 nitrogen and oxygen atoms in total. The molecule has 86 valence electrons. The van der Waals surface area contributed by atoms with E-state index in [4.69, 9.17) is 10.5 Å². The number of nitrogens with zero attached hydrogens (tertiary/aromatic N) is 4. The first-order valence-corrected chi connectivity index (χ1v) is 5.81. The van der Waals surface area contributed by atoms with Crippen LogP contribution in [0.1, 0.15) is 19.8 Å². The third-order valence-electron chi connectivity index (χ3n) is 2.03. The molecule has 2 N–H and O–H groups in total. The second-order valence-electron chi connectivity index (χ2n) is 3.31. The van der Waals surface area contributed by atoms with Gasteiger partial charge in [0.25, 0.3) is 0 Å². The highest BCUT2D eigenvalue weighted by Gasteiger charge is 2.08. The number of rotatable bonds is 4. The minimum atomic E-state index is 0.281. The summed E-state index contributed by atoms with van der Waals surface area (Å²) < 4.78 is 7.59. The zero-order chi connectivity index (χ0) is 11.5. The largest absolute Gasteiger partial charge is 0.462 e. The summed E-state index contributed by atoms with van der Waals surface area (Å²) in [6, 6.07) is 0.281. The second-order valence-corrected chi connectivity index (χ2v) is 4.13. The average Bonchev–Trinajstić information content (AvgIpc) is 2.60. The summed E-state index contributed by atoms with van der Waals surface area (Å²) in [5, 5.41) is 4.14. The minimum absolute atomic E-state index is 0.281. The molecular formula is C9H12BrN5O. The molecule has 0 aliphatic rings. The van der Waals surface area contributed by atoms with Gasteiger partial charge in [-0.1, -0.05) is 13.3 Å². The standard InChI is InChI=1S/C9H12BrN5O/c1-2-3-4-16-9-13-7(11)8-12-6(10)5-15(8)14-9/h5H,2-4H2,1H3,(H2,11,13,14). The van der Waals surface area contributed by atoms with E-state index in [1.165, 1.54) is 0 Å². The van der Waals surface area contributed by atoms with Crippen molar-refractivity contribution in [2.75, 3.05) is 12.3 Å². The molecule has 0 aliphatic heterocycles. The highest BCUT2D eigenvalue weighted by atomic mass is 79.9. The van der Waals surface area contributed by atoms with Crippen molar-refractivity contribution < 1.29 is 4.74 Å². The topological polar surface area (TPSA) is 78.3 Å². The molecule has 0 atom stereocenters. The number of nitrogens with two attached hydrogens (primary N) is 1. The fourth-order valence-corrected chi connectivity index (χ4v) is 1.59. The SMILES string of the molecule is CCCCOc1nc(N)c2nc(Br)cn2n1. The Morgan fingerprint density at radius 2 is 2.31 bits per heavy atom. The molecule has 2 rings (SSSR count). The lowest BCUT2D eigenvalue weighted by Crippen LogP contribution is -2.06. The molecule has 0 amide bonds. The number of fused-ring (bicyclic) bond motifs is 1. The molecule has 0 unspecified atom stereocenters. The van der Waals surface area contributed by atoms with Gasteiger partial charge in [0, 0.05) is 0 Å². The first-order valence-electron chi connectivity index (χ1n) is 5.02. The Hall–Kier alpha value is -1.37. The number of hydrogen-bond acceptors (Lipinski definition) is 5. The van der Waals surface area contributed by atoms with E-state index in [9.17, 15) is 0 Å². The van der Waals surface area contributed by atoms with Gasteiger partial charge in [-0.25, -0.2) is 9.50 Å². The zero-order valence-corrected chi connectivity index (χ0v) is 10.4. The number of ether oxygens (including phenoxy) is 1. The van der Waals surface area contributed by atoms with E-state index in [1.807, 2.05) is 0 Å². The van der Waals surface area contributed by atoms with Crippen LogP contribution in [0.4, 0.5) is 5.82 Å². The van der Waals surface area contributed by atoms with Crippen molar-refractivity contribution in [1.82, 2.24) is 19.6 Å². The van der Waals surface area contributed by atoms with Gasteiger partial charge in [0.2, 0.25) is 0 Å². The second kappa shape index (κ2) is 4.65. The highest BCUT2D eigenvalue weighted by molar-refractivity contribution is 9.10. The summed E-state index contributed by atoms with van der Waals surface area (Å²) in [5.41, 5.74) is 6.26. The minimum Gasteiger partial charge on any atom is -0.462 e. The van der Waals surface area contributed by atoms with Gasteiger partial charge in [-0.2, -0.15) is 4.98 Å². The van der Waals surface area contributed by atoms with Crippen LogP contribution in [0, 0.1) is 0 Å². The zero-order valence-electron chi connectivity index (χ0n) is 8.85. The van der Waals surface area contributed by atoms with E-state index in [0.717, 1.165) is 12.8 Å². The Morgan fingerprint density at radius 3 is 3.06 bits per heavy atom. The maximum atomic E-state index is 5.74. The summed E-state index contributed by atoms with van der Waals surface area (Å²) in [7, 11) is 0. The van der Waals surface area contributed by atoms with Crippen molar-refractivity contribution in [2.24, 2.45) is 0 Å². The molecule has 0 aromatic carbocycles. The molecule has 0 bridgehead atoms. The number of unbranched alkanes of at least 4 members (excludes halogenated alkanes) is 1. The van der Waals surface area contributed by atoms with Crippen LogP contribution in [0.15, 0.2) is 10.8 Å². The number of halogens is 1. The van der Waals surface area contributed by atoms with Gasteiger partial charge in [0.15, 0.2) is 11.5 Å². The molecule has 2 heterocycles. The van der Waals surface area contributed by atoms with Gasteiger partial charge in [-0.15, -0.1) is 5.10 Å². The van der Waals surface area contributed by atoms with Crippen molar-refractivity contribution in [3.63, 3.8) is 0 Å². The number of nitrogen functional groups attached to an aromatic ring is 1. The van der Waals surface area contributed by atoms with Crippen LogP contribution in [-0.4, -0.2) is 26.2 Å². The molecule has 0 fully saturated rings. The molecule has 0 saturated carbocycles. The molecule has 7 heteroatoms. The monoisotopic (exact) mass is 285 g/mol. The van der Waals surface area contributed by atoms with Crippen molar-refractivity contribution in [2.45, 2.75) is 19.8 Å². The third-order valence-corrected chi connectivity index (χ3v) is 2.41. The van der Waals surface area contributed by atoms with E-state index in [-0.39, 0.29) is 6.01 Å². The van der Waals surface area contributed by atoms with Crippen LogP contribution in [0.5, 0.6) is 6.01 Å². The van der Waals surface area contributed by atoms with E-state index < -0.39 is 0 Å². The number of hydrogen-bond donors (Lipinski definition) is 1. The Balaban J connectivity index is 2.27. The van der Waals surface area contributed by atoms with Crippen molar-refractivity contribution >= 4 is 27.4 Å². The van der Waals surface area contributed by atoms with E-state index >= 15 is 0 Å². The van der Waals surface area contributed by atoms with Crippen LogP contribution in [0.25, 0.3) is 5.65 Å². The summed E-state index contributed by atoms with van der Waals surface area (Å²) in [4.78, 5) is 8.15. The fraction of sp³-hybridized carbons (Fsp3) is 0.444. The van der Waals surface area contributed by atoms with E-state index in [0.29, 0.717) is 22.7 Å². The molecular weight excluding hydrogens is 274 g/mol. The van der Waals surface area contributed by atoms with Crippen molar-refractivity contribution in [1.29, 1.82) is 0 Å². The Kier molecular flexibility index (Phi) is 3.23. The average molecular weight is 286 g/mol. The summed E-state index contributed by atoms with van der Waals surface area (Å²) in [6.07, 6.45) is 3.74. The highest BCUT2D eigenvalue weighted by Crippen LogP contribution is 2.16. The smallest absolute Gasteiger partial charge is 0.336 e.